The van der Waals surface area contributed by atoms with Crippen molar-refractivity contribution in [3.05, 3.63) is 127 Å². The molecule has 4 heteroatoms. The lowest BCUT2D eigenvalue weighted by Crippen LogP contribution is -2.18. The Balaban J connectivity index is 1.25. The van der Waals surface area contributed by atoms with Crippen LogP contribution in [0.5, 0.6) is 0 Å². The molecule has 1 aromatic heterocycles. The minimum absolute atomic E-state index is 1.08. The normalized spacial score (nSPS) is 14.4. The van der Waals surface area contributed by atoms with Gasteiger partial charge in [-0.05, 0) is 96.3 Å². The summed E-state index contributed by atoms with van der Waals surface area (Å²) in [5.41, 5.74) is 11.7. The number of nitrogens with zero attached hydrogens (tertiary/aromatic N) is 2. The predicted octanol–water partition coefficient (Wildman–Crippen LogP) is 10.7. The van der Waals surface area contributed by atoms with E-state index in [1.807, 2.05) is 23.5 Å². The van der Waals surface area contributed by atoms with Crippen molar-refractivity contribution in [2.24, 2.45) is 0 Å². The van der Waals surface area contributed by atoms with Crippen molar-refractivity contribution in [1.82, 2.24) is 4.57 Å². The predicted molar refractivity (Wildman–Crippen MR) is 169 cm³/mol. The minimum atomic E-state index is 1.08. The van der Waals surface area contributed by atoms with E-state index < -0.39 is 0 Å². The average molecular weight is 549 g/mol. The maximum atomic E-state index is 2.47. The summed E-state index contributed by atoms with van der Waals surface area (Å²) in [4.78, 5) is 7.71. The molecule has 190 valence electrons. The van der Waals surface area contributed by atoms with Crippen molar-refractivity contribution < 1.29 is 0 Å². The molecule has 40 heavy (non-hydrogen) atoms. The molecule has 0 spiro atoms. The number of anilines is 3. The summed E-state index contributed by atoms with van der Waals surface area (Å²) >= 11 is 3.79. The van der Waals surface area contributed by atoms with Gasteiger partial charge >= 0.3 is 0 Å². The number of hydrogen-bond acceptors (Lipinski definition) is 3. The van der Waals surface area contributed by atoms with Crippen molar-refractivity contribution in [1.29, 1.82) is 0 Å². The Morgan fingerprint density at radius 2 is 1.27 bits per heavy atom. The molecule has 0 fully saturated rings. The average Bonchev–Trinajstić information content (AvgIpc) is 3.35. The van der Waals surface area contributed by atoms with Crippen molar-refractivity contribution >= 4 is 57.6 Å². The molecule has 6 aromatic rings. The highest BCUT2D eigenvalue weighted by Gasteiger charge is 2.33. The van der Waals surface area contributed by atoms with Crippen LogP contribution in [0.4, 0.5) is 17.1 Å². The van der Waals surface area contributed by atoms with Crippen LogP contribution in [0.2, 0.25) is 0 Å². The number of benzene rings is 5. The molecule has 3 aliphatic rings. The second kappa shape index (κ2) is 8.69. The van der Waals surface area contributed by atoms with Gasteiger partial charge in [-0.2, -0.15) is 0 Å². The Hall–Kier alpha value is -4.12. The third kappa shape index (κ3) is 3.27. The van der Waals surface area contributed by atoms with Gasteiger partial charge in [-0.25, -0.2) is 0 Å². The van der Waals surface area contributed by atoms with Gasteiger partial charge in [0.05, 0.1) is 22.6 Å². The van der Waals surface area contributed by atoms with E-state index in [-0.39, 0.29) is 0 Å². The molecule has 0 unspecified atom stereocenters. The summed E-state index contributed by atoms with van der Waals surface area (Å²) in [6, 6.07) is 40.2. The SMILES string of the molecule is C1=Cc2c(c3cc(-c4cc5c6c(c4)Sc4ccccc4N6c4ccccc4S5)ccc3n2-c2ccccc2)CC1. The Bertz CT molecular complexity index is 1950. The lowest BCUT2D eigenvalue weighted by Gasteiger charge is -2.38. The first kappa shape index (κ1) is 22.7. The summed E-state index contributed by atoms with van der Waals surface area (Å²) in [6.07, 6.45) is 6.79. The number of aryl methyl sites for hydroxylation is 1. The maximum Gasteiger partial charge on any atom is 0.0742 e. The van der Waals surface area contributed by atoms with E-state index in [0.717, 1.165) is 12.8 Å². The molecule has 0 N–H and O–H groups in total. The van der Waals surface area contributed by atoms with Crippen LogP contribution in [0.3, 0.4) is 0 Å². The summed E-state index contributed by atoms with van der Waals surface area (Å²) in [6.45, 7) is 0. The Morgan fingerprint density at radius 3 is 2.00 bits per heavy atom. The Kier molecular flexibility index (Phi) is 4.92. The molecule has 5 aromatic carbocycles. The molecule has 1 aliphatic carbocycles. The fourth-order valence-electron chi connectivity index (χ4n) is 6.46. The van der Waals surface area contributed by atoms with E-state index >= 15 is 0 Å². The standard InChI is InChI=1S/C36H24N2S2/c1-2-10-25(11-3-1)37-28-13-5-4-12-26(28)27-20-23(18-19-29(27)37)24-21-34-36-35(22-24)40-33-17-9-7-15-31(33)38(36)30-14-6-8-16-32(30)39-34/h1-3,5-11,13-22H,4,12H2. The van der Waals surface area contributed by atoms with Crippen molar-refractivity contribution in [3.8, 4) is 16.8 Å². The summed E-state index contributed by atoms with van der Waals surface area (Å²) in [5, 5.41) is 1.37. The van der Waals surface area contributed by atoms with Gasteiger partial charge in [0, 0.05) is 36.3 Å². The zero-order chi connectivity index (χ0) is 26.2. The number of rotatable bonds is 2. The Morgan fingerprint density at radius 1 is 0.600 bits per heavy atom. The van der Waals surface area contributed by atoms with Crippen molar-refractivity contribution in [2.45, 2.75) is 32.4 Å². The van der Waals surface area contributed by atoms with Gasteiger partial charge in [-0.3, -0.25) is 0 Å². The lowest BCUT2D eigenvalue weighted by atomic mass is 9.97. The number of aromatic nitrogens is 1. The first-order valence-corrected chi connectivity index (χ1v) is 15.4. The van der Waals surface area contributed by atoms with E-state index in [0.29, 0.717) is 0 Å². The van der Waals surface area contributed by atoms with Crippen LogP contribution in [-0.4, -0.2) is 4.57 Å². The molecule has 0 amide bonds. The van der Waals surface area contributed by atoms with E-state index in [1.165, 1.54) is 75.6 Å². The van der Waals surface area contributed by atoms with Crippen LogP contribution in [0.15, 0.2) is 135 Å². The molecule has 0 saturated heterocycles. The van der Waals surface area contributed by atoms with Gasteiger partial charge < -0.3 is 9.47 Å². The first-order valence-electron chi connectivity index (χ1n) is 13.8. The number of fused-ring (bicyclic) bond motifs is 7. The Labute approximate surface area is 242 Å². The van der Waals surface area contributed by atoms with Crippen molar-refractivity contribution in [3.63, 3.8) is 0 Å². The lowest BCUT2D eigenvalue weighted by molar-refractivity contribution is 0.967. The molecule has 2 nitrogen and oxygen atoms in total. The third-order valence-electron chi connectivity index (χ3n) is 8.21. The molecule has 0 saturated carbocycles. The topological polar surface area (TPSA) is 8.17 Å². The highest BCUT2D eigenvalue weighted by molar-refractivity contribution is 8.00. The molecule has 2 aliphatic heterocycles. The quantitative estimate of drug-likeness (QED) is 0.212. The monoisotopic (exact) mass is 548 g/mol. The third-order valence-corrected chi connectivity index (χ3v) is 10.4. The zero-order valence-corrected chi connectivity index (χ0v) is 23.3. The second-order valence-electron chi connectivity index (χ2n) is 10.5. The van der Waals surface area contributed by atoms with Crippen LogP contribution < -0.4 is 4.90 Å². The summed E-state index contributed by atoms with van der Waals surface area (Å²) in [7, 11) is 0. The highest BCUT2D eigenvalue weighted by Crippen LogP contribution is 2.60. The summed E-state index contributed by atoms with van der Waals surface area (Å²) < 4.78 is 2.43. The van der Waals surface area contributed by atoms with Gasteiger partial charge in [0.2, 0.25) is 0 Å². The largest absolute Gasteiger partial charge is 0.310 e. The first-order chi connectivity index (χ1) is 19.8. The second-order valence-corrected chi connectivity index (χ2v) is 12.7. The van der Waals surface area contributed by atoms with Crippen LogP contribution >= 0.6 is 23.5 Å². The van der Waals surface area contributed by atoms with Gasteiger partial charge in [-0.15, -0.1) is 0 Å². The van der Waals surface area contributed by atoms with E-state index in [9.17, 15) is 0 Å². The van der Waals surface area contributed by atoms with Crippen LogP contribution in [0.25, 0.3) is 33.8 Å². The minimum Gasteiger partial charge on any atom is -0.310 e. The molecule has 9 rings (SSSR count). The number of para-hydroxylation sites is 3. The van der Waals surface area contributed by atoms with Crippen LogP contribution in [-0.2, 0) is 6.42 Å². The van der Waals surface area contributed by atoms with Gasteiger partial charge in [-0.1, -0.05) is 78.1 Å². The smallest absolute Gasteiger partial charge is 0.0742 e. The molecular formula is C36H24N2S2. The van der Waals surface area contributed by atoms with E-state index in [2.05, 4.69) is 131 Å². The number of hydrogen-bond donors (Lipinski definition) is 0. The number of allylic oxidation sites excluding steroid dienone is 1. The van der Waals surface area contributed by atoms with Crippen LogP contribution in [0.1, 0.15) is 17.7 Å². The van der Waals surface area contributed by atoms with Crippen LogP contribution in [0, 0.1) is 0 Å². The molecule has 0 radical (unpaired) electrons. The molecule has 3 heterocycles. The summed E-state index contributed by atoms with van der Waals surface area (Å²) in [5.74, 6) is 0. The van der Waals surface area contributed by atoms with Crippen molar-refractivity contribution in [2.75, 3.05) is 4.90 Å². The van der Waals surface area contributed by atoms with E-state index in [1.54, 1.807) is 0 Å². The highest BCUT2D eigenvalue weighted by atomic mass is 32.2. The van der Waals surface area contributed by atoms with Gasteiger partial charge in [0.1, 0.15) is 0 Å². The fourth-order valence-corrected chi connectivity index (χ4v) is 8.79. The van der Waals surface area contributed by atoms with Gasteiger partial charge in [0.25, 0.3) is 0 Å². The molecule has 0 atom stereocenters. The van der Waals surface area contributed by atoms with Gasteiger partial charge in [0.15, 0.2) is 0 Å². The zero-order valence-electron chi connectivity index (χ0n) is 21.7. The maximum absolute atomic E-state index is 2.47. The molecular weight excluding hydrogens is 525 g/mol. The van der Waals surface area contributed by atoms with E-state index in [4.69, 9.17) is 0 Å². The fraction of sp³-hybridized carbons (Fsp3) is 0.0556. The molecule has 0 bridgehead atoms.